The lowest BCUT2D eigenvalue weighted by atomic mass is 9.95. The Balaban J connectivity index is 2.23. The number of hydrogen-bond donors (Lipinski definition) is 3. The number of carbonyl (C=O) groups is 1. The summed E-state index contributed by atoms with van der Waals surface area (Å²) in [5.41, 5.74) is -0.0140. The summed E-state index contributed by atoms with van der Waals surface area (Å²) < 4.78 is 34.4. The number of carbonyl (C=O) groups excluding carboxylic acids is 1. The number of nitrogens with one attached hydrogen (secondary N) is 2. The minimum Gasteiger partial charge on any atom is -0.474 e. The van der Waals surface area contributed by atoms with Crippen LogP contribution in [0.15, 0.2) is 12.3 Å². The molecule has 0 fully saturated rings. The molecule has 1 aromatic rings. The van der Waals surface area contributed by atoms with Gasteiger partial charge in [0.15, 0.2) is 0 Å². The fourth-order valence-corrected chi connectivity index (χ4v) is 3.68. The first-order valence-corrected chi connectivity index (χ1v) is 10.3. The van der Waals surface area contributed by atoms with Crippen LogP contribution in [0.5, 0.6) is 5.88 Å². The molecule has 0 unspecified atom stereocenters. The van der Waals surface area contributed by atoms with Gasteiger partial charge in [-0.3, -0.25) is 4.79 Å². The van der Waals surface area contributed by atoms with Crippen molar-refractivity contribution in [1.29, 1.82) is 0 Å². The van der Waals surface area contributed by atoms with Crippen LogP contribution in [0.25, 0.3) is 0 Å². The number of nitrogens with zero attached hydrogens (tertiary/aromatic N) is 2. The largest absolute Gasteiger partial charge is 0.474 e. The second kappa shape index (κ2) is 8.41. The van der Waals surface area contributed by atoms with E-state index < -0.39 is 21.5 Å². The van der Waals surface area contributed by atoms with Crippen molar-refractivity contribution in [2.75, 3.05) is 37.2 Å². The van der Waals surface area contributed by atoms with E-state index in [2.05, 4.69) is 15.0 Å². The number of aliphatic hydroxyl groups excluding tert-OH is 1. The fraction of sp³-hybridized carbons (Fsp3) is 0.647. The first-order chi connectivity index (χ1) is 12.6. The van der Waals surface area contributed by atoms with E-state index in [9.17, 15) is 18.3 Å². The van der Waals surface area contributed by atoms with Gasteiger partial charge >= 0.3 is 10.2 Å². The van der Waals surface area contributed by atoms with Gasteiger partial charge in [0, 0.05) is 31.3 Å². The van der Waals surface area contributed by atoms with Crippen molar-refractivity contribution in [1.82, 2.24) is 15.0 Å². The summed E-state index contributed by atoms with van der Waals surface area (Å²) in [5.74, 6) is -0.0706. The van der Waals surface area contributed by atoms with E-state index in [-0.39, 0.29) is 49.4 Å². The minimum absolute atomic E-state index is 0.0723. The molecular weight excluding hydrogens is 372 g/mol. The van der Waals surface area contributed by atoms with E-state index in [0.717, 1.165) is 0 Å². The molecule has 1 amide bonds. The number of aromatic nitrogens is 1. The molecule has 0 aliphatic carbocycles. The number of anilines is 1. The summed E-state index contributed by atoms with van der Waals surface area (Å²) >= 11 is 0. The van der Waals surface area contributed by atoms with E-state index >= 15 is 0 Å². The molecule has 2 rings (SSSR count). The average Bonchev–Trinajstić information content (AvgIpc) is 2.63. The van der Waals surface area contributed by atoms with Gasteiger partial charge in [0.2, 0.25) is 5.88 Å². The Morgan fingerprint density at radius 3 is 2.78 bits per heavy atom. The molecule has 1 aliphatic heterocycles. The van der Waals surface area contributed by atoms with Gasteiger partial charge in [-0.15, -0.1) is 0 Å². The first kappa shape index (κ1) is 21.4. The lowest BCUT2D eigenvalue weighted by Crippen LogP contribution is -2.46. The smallest absolute Gasteiger partial charge is 0.301 e. The number of fused-ring (bicyclic) bond motifs is 1. The van der Waals surface area contributed by atoms with E-state index in [1.54, 1.807) is 0 Å². The minimum atomic E-state index is -3.78. The quantitative estimate of drug-likeness (QED) is 0.585. The molecule has 9 nitrogen and oxygen atoms in total. The predicted octanol–water partition coefficient (Wildman–Crippen LogP) is 0.519. The summed E-state index contributed by atoms with van der Waals surface area (Å²) in [7, 11) is -3.78. The van der Waals surface area contributed by atoms with Crippen LogP contribution >= 0.6 is 0 Å². The molecule has 2 heterocycles. The number of pyridine rings is 1. The van der Waals surface area contributed by atoms with Crippen molar-refractivity contribution in [3.63, 3.8) is 0 Å². The number of hydrogen-bond acceptors (Lipinski definition) is 6. The van der Waals surface area contributed by atoms with Gasteiger partial charge in [0.25, 0.3) is 5.91 Å². The van der Waals surface area contributed by atoms with Crippen LogP contribution in [0, 0.1) is 11.3 Å². The van der Waals surface area contributed by atoms with Gasteiger partial charge in [-0.25, -0.2) is 9.29 Å². The van der Waals surface area contributed by atoms with Crippen molar-refractivity contribution >= 4 is 21.8 Å². The second-order valence-electron chi connectivity index (χ2n) is 7.72. The van der Waals surface area contributed by atoms with Gasteiger partial charge in [0.1, 0.15) is 12.3 Å². The summed E-state index contributed by atoms with van der Waals surface area (Å²) in [5, 5.41) is 12.0. The summed E-state index contributed by atoms with van der Waals surface area (Å²) in [4.78, 5) is 16.5. The number of rotatable bonds is 8. The Kier molecular flexibility index (Phi) is 6.66. The molecular formula is C17H28N4O5S. The molecule has 0 atom stereocenters. The molecule has 0 saturated heterocycles. The van der Waals surface area contributed by atoms with Crippen molar-refractivity contribution < 1.29 is 23.1 Å². The normalized spacial score (nSPS) is 14.7. The van der Waals surface area contributed by atoms with Crippen molar-refractivity contribution in [2.45, 2.75) is 27.7 Å². The fourth-order valence-electron chi connectivity index (χ4n) is 2.28. The Morgan fingerprint density at radius 1 is 1.44 bits per heavy atom. The number of aliphatic hydroxyl groups is 1. The number of amides is 1. The maximum absolute atomic E-state index is 12.6. The zero-order valence-electron chi connectivity index (χ0n) is 16.2. The molecule has 27 heavy (non-hydrogen) atoms. The lowest BCUT2D eigenvalue weighted by molar-refractivity contribution is 0.0910. The van der Waals surface area contributed by atoms with Crippen LogP contribution < -0.4 is 19.1 Å². The van der Waals surface area contributed by atoms with E-state index in [1.165, 1.54) is 16.6 Å². The van der Waals surface area contributed by atoms with E-state index in [1.807, 2.05) is 27.7 Å². The summed E-state index contributed by atoms with van der Waals surface area (Å²) in [6, 6.07) is 1.46. The topological polar surface area (TPSA) is 121 Å². The highest BCUT2D eigenvalue weighted by atomic mass is 32.2. The third-order valence-electron chi connectivity index (χ3n) is 4.02. The van der Waals surface area contributed by atoms with Gasteiger partial charge in [0.05, 0.1) is 12.1 Å². The predicted molar refractivity (Wildman–Crippen MR) is 102 cm³/mol. The van der Waals surface area contributed by atoms with Gasteiger partial charge in [-0.1, -0.05) is 27.7 Å². The van der Waals surface area contributed by atoms with E-state index in [0.29, 0.717) is 6.54 Å². The Hall–Kier alpha value is -1.91. The second-order valence-corrected chi connectivity index (χ2v) is 9.40. The van der Waals surface area contributed by atoms with Crippen LogP contribution in [0.4, 0.5) is 5.69 Å². The molecule has 0 bridgehead atoms. The van der Waals surface area contributed by atoms with Crippen molar-refractivity contribution in [3.8, 4) is 5.88 Å². The monoisotopic (exact) mass is 400 g/mol. The SMILES string of the molecule is CC(C)CNS(=O)(=O)N1CCOc2ncc(C(=O)NCC(C)(C)CO)cc21. The molecule has 0 radical (unpaired) electrons. The molecule has 0 aromatic carbocycles. The average molecular weight is 401 g/mol. The standard InChI is InChI=1S/C17H28N4O5S/c1-12(2)8-20-27(24,25)21-5-6-26-16-14(21)7-13(9-18-16)15(23)19-10-17(3,4)11-22/h7,9,12,20,22H,5-6,8,10-11H2,1-4H3,(H,19,23). The highest BCUT2D eigenvalue weighted by Gasteiger charge is 2.30. The third-order valence-corrected chi connectivity index (χ3v) is 5.51. The summed E-state index contributed by atoms with van der Waals surface area (Å²) in [6.07, 6.45) is 1.35. The van der Waals surface area contributed by atoms with Crippen molar-refractivity contribution in [2.24, 2.45) is 11.3 Å². The third kappa shape index (κ3) is 5.53. The lowest BCUT2D eigenvalue weighted by Gasteiger charge is -2.30. The summed E-state index contributed by atoms with van der Waals surface area (Å²) in [6.45, 7) is 8.27. The Labute approximate surface area is 160 Å². The molecule has 0 saturated carbocycles. The molecule has 1 aromatic heterocycles. The van der Waals surface area contributed by atoms with Crippen molar-refractivity contribution in [3.05, 3.63) is 17.8 Å². The van der Waals surface area contributed by atoms with Crippen LogP contribution in [0.3, 0.4) is 0 Å². The Bertz CT molecular complexity index is 780. The van der Waals surface area contributed by atoms with E-state index in [4.69, 9.17) is 4.74 Å². The van der Waals surface area contributed by atoms with Crippen LogP contribution in [0.1, 0.15) is 38.1 Å². The molecule has 1 aliphatic rings. The highest BCUT2D eigenvalue weighted by Crippen LogP contribution is 2.31. The molecule has 10 heteroatoms. The van der Waals surface area contributed by atoms with Crippen LogP contribution in [-0.4, -0.2) is 57.3 Å². The Morgan fingerprint density at radius 2 is 2.15 bits per heavy atom. The molecule has 152 valence electrons. The first-order valence-electron chi connectivity index (χ1n) is 8.85. The number of ether oxygens (including phenoxy) is 1. The maximum Gasteiger partial charge on any atom is 0.301 e. The van der Waals surface area contributed by atoms with Crippen LogP contribution in [-0.2, 0) is 10.2 Å². The highest BCUT2D eigenvalue weighted by molar-refractivity contribution is 7.90. The van der Waals surface area contributed by atoms with Gasteiger partial charge in [-0.2, -0.15) is 13.1 Å². The maximum atomic E-state index is 12.6. The zero-order valence-corrected chi connectivity index (χ0v) is 17.0. The zero-order chi connectivity index (χ0) is 20.2. The van der Waals surface area contributed by atoms with Gasteiger partial charge in [-0.05, 0) is 12.0 Å². The van der Waals surface area contributed by atoms with Gasteiger partial charge < -0.3 is 15.2 Å². The molecule has 0 spiro atoms. The molecule has 3 N–H and O–H groups in total. The van der Waals surface area contributed by atoms with Crippen LogP contribution in [0.2, 0.25) is 0 Å².